The molecule has 4 rings (SSSR count). The van der Waals surface area contributed by atoms with Crippen LogP contribution >= 0.6 is 12.4 Å². The van der Waals surface area contributed by atoms with E-state index in [1.165, 1.54) is 0 Å². The molecule has 40 heavy (non-hydrogen) atoms. The summed E-state index contributed by atoms with van der Waals surface area (Å²) in [4.78, 5) is 18.7. The second-order valence-electron chi connectivity index (χ2n) is 10.3. The quantitative estimate of drug-likeness (QED) is 0.191. The number of H-pyrrole nitrogens is 1. The van der Waals surface area contributed by atoms with E-state index in [-0.39, 0.29) is 35.6 Å². The molecule has 1 aliphatic heterocycles. The summed E-state index contributed by atoms with van der Waals surface area (Å²) in [6.07, 6.45) is 3.76. The maximum atomic E-state index is 13.8. The molecule has 1 amide bonds. The third-order valence-electron chi connectivity index (χ3n) is 7.60. The first-order valence-corrected chi connectivity index (χ1v) is 14.6. The van der Waals surface area contributed by atoms with E-state index >= 15 is 0 Å². The van der Waals surface area contributed by atoms with Gasteiger partial charge in [0.25, 0.3) is 0 Å². The molecule has 2 atom stereocenters. The van der Waals surface area contributed by atoms with Crippen LogP contribution in [0.25, 0.3) is 10.9 Å². The number of methoxy groups -OCH3 is 1. The van der Waals surface area contributed by atoms with Gasteiger partial charge in [-0.2, -0.15) is 4.72 Å². The minimum atomic E-state index is -4.06. The van der Waals surface area contributed by atoms with Crippen molar-refractivity contribution < 1.29 is 17.9 Å². The van der Waals surface area contributed by atoms with Crippen molar-refractivity contribution in [3.8, 4) is 5.75 Å². The number of aromatic nitrogens is 1. The van der Waals surface area contributed by atoms with Crippen molar-refractivity contribution in [3.63, 3.8) is 0 Å². The van der Waals surface area contributed by atoms with E-state index in [2.05, 4.69) is 15.0 Å². The number of carbonyl (C=O) groups is 1. The van der Waals surface area contributed by atoms with Gasteiger partial charge in [-0.15, -0.1) is 12.4 Å². The molecule has 1 fully saturated rings. The first-order chi connectivity index (χ1) is 18.5. The third-order valence-corrected chi connectivity index (χ3v) is 9.37. The van der Waals surface area contributed by atoms with Gasteiger partial charge in [-0.25, -0.2) is 8.42 Å². The second kappa shape index (κ2) is 12.9. The van der Waals surface area contributed by atoms with E-state index in [4.69, 9.17) is 15.9 Å². The summed E-state index contributed by atoms with van der Waals surface area (Å²) in [5, 5.41) is 11.6. The average Bonchev–Trinajstić information content (AvgIpc) is 3.31. The fraction of sp³-hybridized carbons (Fsp3) is 0.429. The average molecular weight is 591 g/mol. The van der Waals surface area contributed by atoms with Gasteiger partial charge < -0.3 is 25.7 Å². The monoisotopic (exact) mass is 590 g/mol. The van der Waals surface area contributed by atoms with Crippen LogP contribution in [0.4, 0.5) is 0 Å². The number of benzene rings is 2. The number of aryl methyl sites for hydroxylation is 1. The first kappa shape index (κ1) is 31.3. The fourth-order valence-electron chi connectivity index (χ4n) is 5.42. The predicted octanol–water partition coefficient (Wildman–Crippen LogP) is 3.13. The molecule has 1 saturated heterocycles. The summed E-state index contributed by atoms with van der Waals surface area (Å²) in [5.74, 6) is 0.357. The third kappa shape index (κ3) is 6.71. The van der Waals surface area contributed by atoms with Crippen LogP contribution in [-0.4, -0.2) is 63.0 Å². The fourth-order valence-corrected chi connectivity index (χ4v) is 7.14. The van der Waals surface area contributed by atoms with Crippen LogP contribution in [0.5, 0.6) is 5.75 Å². The number of fused-ring (bicyclic) bond motifs is 1. The highest BCUT2D eigenvalue weighted by Crippen LogP contribution is 2.31. The molecule has 0 bridgehead atoms. The zero-order valence-electron chi connectivity index (χ0n) is 23.3. The molecule has 0 saturated carbocycles. The first-order valence-electron chi connectivity index (χ1n) is 13.1. The van der Waals surface area contributed by atoms with Crippen molar-refractivity contribution >= 4 is 45.2 Å². The number of hydrogen-bond donors (Lipinski definition) is 5. The van der Waals surface area contributed by atoms with Crippen LogP contribution in [0.2, 0.25) is 0 Å². The van der Waals surface area contributed by atoms with E-state index in [9.17, 15) is 13.2 Å². The minimum Gasteiger partial charge on any atom is -0.496 e. The Morgan fingerprint density at radius 1 is 1.25 bits per heavy atom. The highest BCUT2D eigenvalue weighted by atomic mass is 35.5. The topological polar surface area (TPSA) is 153 Å². The Kier molecular flexibility index (Phi) is 10.1. The van der Waals surface area contributed by atoms with E-state index in [0.717, 1.165) is 41.4 Å². The maximum absolute atomic E-state index is 13.8. The van der Waals surface area contributed by atoms with Gasteiger partial charge in [-0.3, -0.25) is 10.2 Å². The van der Waals surface area contributed by atoms with Crippen molar-refractivity contribution in [1.29, 1.82) is 5.41 Å². The molecule has 1 aromatic heterocycles. The van der Waals surface area contributed by atoms with Crippen LogP contribution in [0.1, 0.15) is 35.1 Å². The van der Waals surface area contributed by atoms with Crippen LogP contribution < -0.4 is 20.5 Å². The molecule has 1 aliphatic rings. The molecule has 0 spiro atoms. The molecule has 6 N–H and O–H groups in total. The number of piperidine rings is 1. The summed E-state index contributed by atoms with van der Waals surface area (Å²) >= 11 is 0. The molecule has 3 aromatic rings. The van der Waals surface area contributed by atoms with Crippen molar-refractivity contribution in [2.24, 2.45) is 11.7 Å². The van der Waals surface area contributed by atoms with Crippen molar-refractivity contribution in [2.75, 3.05) is 26.7 Å². The highest BCUT2D eigenvalue weighted by molar-refractivity contribution is 7.89. The van der Waals surface area contributed by atoms with E-state index in [1.807, 2.05) is 37.4 Å². The zero-order valence-corrected chi connectivity index (χ0v) is 25.0. The zero-order chi connectivity index (χ0) is 28.3. The summed E-state index contributed by atoms with van der Waals surface area (Å²) < 4.78 is 35.7. The van der Waals surface area contributed by atoms with Crippen molar-refractivity contribution in [2.45, 2.75) is 51.0 Å². The summed E-state index contributed by atoms with van der Waals surface area (Å²) in [6.45, 7) is 6.96. The smallest absolute Gasteiger partial charge is 0.241 e. The van der Waals surface area contributed by atoms with Crippen LogP contribution in [-0.2, 0) is 21.2 Å². The number of aromatic amines is 1. The number of guanidine groups is 1. The van der Waals surface area contributed by atoms with Crippen LogP contribution in [0.15, 0.2) is 41.4 Å². The van der Waals surface area contributed by atoms with Gasteiger partial charge in [0.15, 0.2) is 5.96 Å². The normalized spacial score (nSPS) is 16.3. The lowest BCUT2D eigenvalue weighted by molar-refractivity contribution is -0.122. The second-order valence-corrected chi connectivity index (χ2v) is 11.9. The Bertz CT molecular complexity index is 1490. The molecule has 0 aliphatic carbocycles. The number of sulfonamides is 1. The molecule has 10 nitrogen and oxygen atoms in total. The Morgan fingerprint density at radius 2 is 1.98 bits per heavy atom. The lowest BCUT2D eigenvalue weighted by Crippen LogP contribution is -2.51. The molecule has 12 heteroatoms. The molecule has 2 unspecified atom stereocenters. The van der Waals surface area contributed by atoms with Gasteiger partial charge in [-0.05, 0) is 80.3 Å². The summed E-state index contributed by atoms with van der Waals surface area (Å²) in [6, 6.07) is 8.38. The standard InChI is InChI=1S/C28H38N6O4S.ClH/c1-17-12-25(38-4)18(2)19(3)26(17)39(36,37)33-24(13-21-15-31-23-10-6-5-9-22(21)23)27(35)32-14-20-8-7-11-34(16-20)28(29)30;/h5-6,9-10,12,15,20,24,31,33H,7-8,11,13-14,16H2,1-4H3,(H3,29,30)(H,32,35);1H. The van der Waals surface area contributed by atoms with E-state index in [0.29, 0.717) is 30.0 Å². The molecular weight excluding hydrogens is 552 g/mol. The van der Waals surface area contributed by atoms with Gasteiger partial charge >= 0.3 is 0 Å². The number of likely N-dealkylation sites (tertiary alicyclic amines) is 1. The lowest BCUT2D eigenvalue weighted by Gasteiger charge is -2.33. The number of carbonyl (C=O) groups excluding carboxylic acids is 1. The number of amides is 1. The van der Waals surface area contributed by atoms with Gasteiger partial charge in [0.1, 0.15) is 11.8 Å². The minimum absolute atomic E-state index is 0. The van der Waals surface area contributed by atoms with Crippen molar-refractivity contribution in [1.82, 2.24) is 19.9 Å². The Balaban J connectivity index is 0.00000441. The number of hydrogen-bond acceptors (Lipinski definition) is 5. The summed E-state index contributed by atoms with van der Waals surface area (Å²) in [7, 11) is -2.51. The van der Waals surface area contributed by atoms with Crippen LogP contribution in [0.3, 0.4) is 0 Å². The SMILES string of the molecule is COc1cc(C)c(S(=O)(=O)NC(Cc2c[nH]c3ccccc23)C(=O)NCC2CCCN(C(=N)N)C2)c(C)c1C.Cl. The number of nitrogens with two attached hydrogens (primary N) is 1. The van der Waals surface area contributed by atoms with E-state index in [1.54, 1.807) is 31.9 Å². The molecule has 218 valence electrons. The summed E-state index contributed by atoms with van der Waals surface area (Å²) in [5.41, 5.74) is 9.28. The molecular formula is C28H39ClN6O4S. The molecule has 2 aromatic carbocycles. The van der Waals surface area contributed by atoms with Crippen LogP contribution in [0, 0.1) is 32.1 Å². The van der Waals surface area contributed by atoms with Gasteiger partial charge in [0, 0.05) is 36.7 Å². The number of halogens is 1. The highest BCUT2D eigenvalue weighted by Gasteiger charge is 2.31. The van der Waals surface area contributed by atoms with Crippen molar-refractivity contribution in [3.05, 3.63) is 58.8 Å². The number of para-hydroxylation sites is 1. The maximum Gasteiger partial charge on any atom is 0.241 e. The van der Waals surface area contributed by atoms with Gasteiger partial charge in [0.2, 0.25) is 15.9 Å². The molecule has 0 radical (unpaired) electrons. The Morgan fingerprint density at radius 3 is 2.67 bits per heavy atom. The lowest BCUT2D eigenvalue weighted by atomic mass is 9.98. The largest absolute Gasteiger partial charge is 0.496 e. The predicted molar refractivity (Wildman–Crippen MR) is 160 cm³/mol. The Hall–Kier alpha value is -3.28. The number of nitrogens with one attached hydrogen (secondary N) is 4. The van der Waals surface area contributed by atoms with E-state index < -0.39 is 22.0 Å². The van der Waals surface area contributed by atoms with Gasteiger partial charge in [0.05, 0.1) is 12.0 Å². The van der Waals surface area contributed by atoms with Gasteiger partial charge in [-0.1, -0.05) is 18.2 Å². The Labute approximate surface area is 242 Å². The number of ether oxygens (including phenoxy) is 1. The molecule has 2 heterocycles. The number of rotatable bonds is 9. The number of nitrogens with zero attached hydrogens (tertiary/aromatic N) is 1.